The van der Waals surface area contributed by atoms with E-state index in [2.05, 4.69) is 5.32 Å². The maximum atomic E-state index is 13.6. The Morgan fingerprint density at radius 3 is 1.97 bits per heavy atom. The topological polar surface area (TPSA) is 75.7 Å². The number of anilines is 1. The Kier molecular flexibility index (Phi) is 8.34. The number of aryl methyl sites for hydroxylation is 2. The minimum atomic E-state index is -3.97. The number of hydrogen-bond acceptors (Lipinski definition) is 4. The van der Waals surface area contributed by atoms with Crippen molar-refractivity contribution in [3.05, 3.63) is 89.5 Å². The highest BCUT2D eigenvalue weighted by atomic mass is 32.2. The number of benzene rings is 3. The number of carbonyl (C=O) groups is 1. The third kappa shape index (κ3) is 6.17. The first-order valence-electron chi connectivity index (χ1n) is 11.4. The van der Waals surface area contributed by atoms with Gasteiger partial charge in [-0.05, 0) is 69.2 Å². The Bertz CT molecular complexity index is 1190. The monoisotopic (exact) mass is 480 g/mol. The lowest BCUT2D eigenvalue weighted by atomic mass is 10.0. The van der Waals surface area contributed by atoms with Crippen LogP contribution in [-0.4, -0.2) is 27.5 Å². The predicted molar refractivity (Wildman–Crippen MR) is 136 cm³/mol. The summed E-state index contributed by atoms with van der Waals surface area (Å²) >= 11 is 0. The number of nitrogens with zero attached hydrogens (tertiary/aromatic N) is 1. The van der Waals surface area contributed by atoms with E-state index in [0.29, 0.717) is 24.5 Å². The molecule has 3 aromatic rings. The first-order chi connectivity index (χ1) is 16.2. The maximum absolute atomic E-state index is 13.6. The van der Waals surface area contributed by atoms with Gasteiger partial charge in [0, 0.05) is 0 Å². The summed E-state index contributed by atoms with van der Waals surface area (Å²) in [5.41, 5.74) is 3.46. The van der Waals surface area contributed by atoms with Gasteiger partial charge in [0.05, 0.1) is 23.2 Å². The molecular formula is C27H32N2O4S. The molecule has 7 heteroatoms. The highest BCUT2D eigenvalue weighted by Gasteiger charge is 2.28. The third-order valence-electron chi connectivity index (χ3n) is 5.56. The van der Waals surface area contributed by atoms with Crippen molar-refractivity contribution >= 4 is 21.6 Å². The molecule has 0 aliphatic heterocycles. The number of amides is 1. The molecule has 0 radical (unpaired) electrons. The molecule has 0 saturated heterocycles. The third-order valence-corrected chi connectivity index (χ3v) is 7.34. The first kappa shape index (κ1) is 25.3. The molecule has 0 aromatic heterocycles. The minimum absolute atomic E-state index is 0.130. The zero-order chi connectivity index (χ0) is 24.7. The normalized spacial score (nSPS) is 12.1. The van der Waals surface area contributed by atoms with Crippen molar-refractivity contribution in [1.29, 1.82) is 0 Å². The number of carbonyl (C=O) groups excluding carboxylic acids is 1. The van der Waals surface area contributed by atoms with Crippen LogP contribution in [0.4, 0.5) is 5.69 Å². The largest absolute Gasteiger partial charge is 0.494 e. The van der Waals surface area contributed by atoms with Gasteiger partial charge in [-0.25, -0.2) is 8.42 Å². The van der Waals surface area contributed by atoms with Crippen LogP contribution in [-0.2, 0) is 14.8 Å². The molecular weight excluding hydrogens is 448 g/mol. The van der Waals surface area contributed by atoms with E-state index in [1.54, 1.807) is 48.5 Å². The summed E-state index contributed by atoms with van der Waals surface area (Å²) in [5, 5.41) is 3.00. The summed E-state index contributed by atoms with van der Waals surface area (Å²) in [6.07, 6.45) is 0.683. The lowest BCUT2D eigenvalue weighted by Crippen LogP contribution is -2.42. The van der Waals surface area contributed by atoms with E-state index in [9.17, 15) is 13.2 Å². The molecule has 0 bridgehead atoms. The van der Waals surface area contributed by atoms with Crippen molar-refractivity contribution in [3.8, 4) is 5.75 Å². The summed E-state index contributed by atoms with van der Waals surface area (Å²) in [4.78, 5) is 13.2. The lowest BCUT2D eigenvalue weighted by molar-refractivity contribution is -0.120. The van der Waals surface area contributed by atoms with E-state index in [1.165, 1.54) is 0 Å². The highest BCUT2D eigenvalue weighted by molar-refractivity contribution is 7.92. The SMILES string of the molecule is CCOc1ccc(N(CC(=O)N[C@H](CC)c2ccc(C)cc2)S(=O)(=O)c2ccc(C)cc2)cc1. The van der Waals surface area contributed by atoms with Gasteiger partial charge in [-0.3, -0.25) is 9.10 Å². The Morgan fingerprint density at radius 1 is 0.882 bits per heavy atom. The second-order valence-electron chi connectivity index (χ2n) is 8.19. The number of nitrogens with one attached hydrogen (secondary N) is 1. The smallest absolute Gasteiger partial charge is 0.264 e. The van der Waals surface area contributed by atoms with Gasteiger partial charge < -0.3 is 10.1 Å². The molecule has 3 rings (SSSR count). The molecule has 0 spiro atoms. The zero-order valence-corrected chi connectivity index (χ0v) is 20.9. The highest BCUT2D eigenvalue weighted by Crippen LogP contribution is 2.26. The van der Waals surface area contributed by atoms with Gasteiger partial charge in [0.25, 0.3) is 10.0 Å². The standard InChI is InChI=1S/C27H32N2O4S/c1-5-26(22-11-7-20(3)8-12-22)28-27(30)19-29(23-13-15-24(16-14-23)33-6-2)34(31,32)25-17-9-21(4)10-18-25/h7-18,26H,5-6,19H2,1-4H3,(H,28,30)/t26-/m1/s1. The quantitative estimate of drug-likeness (QED) is 0.435. The second-order valence-corrected chi connectivity index (χ2v) is 10.1. The van der Waals surface area contributed by atoms with Crippen LogP contribution in [0.3, 0.4) is 0 Å². The van der Waals surface area contributed by atoms with Crippen LogP contribution < -0.4 is 14.4 Å². The van der Waals surface area contributed by atoms with Crippen molar-refractivity contribution in [2.45, 2.75) is 45.1 Å². The summed E-state index contributed by atoms with van der Waals surface area (Å²) < 4.78 is 33.8. The fraction of sp³-hybridized carbons (Fsp3) is 0.296. The minimum Gasteiger partial charge on any atom is -0.494 e. The van der Waals surface area contributed by atoms with Crippen LogP contribution in [0.1, 0.15) is 43.0 Å². The van der Waals surface area contributed by atoms with Crippen LogP contribution in [0.25, 0.3) is 0 Å². The molecule has 1 amide bonds. The number of sulfonamides is 1. The number of rotatable bonds is 10. The fourth-order valence-corrected chi connectivity index (χ4v) is 5.04. The van der Waals surface area contributed by atoms with E-state index in [-0.39, 0.29) is 23.4 Å². The van der Waals surface area contributed by atoms with E-state index in [4.69, 9.17) is 4.74 Å². The van der Waals surface area contributed by atoms with Gasteiger partial charge in [0.2, 0.25) is 5.91 Å². The Labute approximate surface area is 202 Å². The Morgan fingerprint density at radius 2 is 1.44 bits per heavy atom. The van der Waals surface area contributed by atoms with Gasteiger partial charge in [0.15, 0.2) is 0 Å². The van der Waals surface area contributed by atoms with Gasteiger partial charge >= 0.3 is 0 Å². The van der Waals surface area contributed by atoms with E-state index in [1.807, 2.05) is 52.0 Å². The Hall–Kier alpha value is -3.32. The van der Waals surface area contributed by atoms with Crippen LogP contribution in [0.5, 0.6) is 5.75 Å². The molecule has 3 aromatic carbocycles. The van der Waals surface area contributed by atoms with Crippen LogP contribution in [0.15, 0.2) is 77.7 Å². The molecule has 0 fully saturated rings. The van der Waals surface area contributed by atoms with Crippen LogP contribution in [0, 0.1) is 13.8 Å². The average molecular weight is 481 g/mol. The van der Waals surface area contributed by atoms with Crippen molar-refractivity contribution in [1.82, 2.24) is 5.32 Å². The fourth-order valence-electron chi connectivity index (χ4n) is 3.62. The predicted octanol–water partition coefficient (Wildman–Crippen LogP) is 5.16. The van der Waals surface area contributed by atoms with E-state index < -0.39 is 10.0 Å². The van der Waals surface area contributed by atoms with Crippen LogP contribution >= 0.6 is 0 Å². The van der Waals surface area contributed by atoms with E-state index in [0.717, 1.165) is 21.0 Å². The molecule has 6 nitrogen and oxygen atoms in total. The first-order valence-corrected chi connectivity index (χ1v) is 12.9. The zero-order valence-electron chi connectivity index (χ0n) is 20.1. The van der Waals surface area contributed by atoms with Gasteiger partial charge in [-0.1, -0.05) is 54.4 Å². The summed E-state index contributed by atoms with van der Waals surface area (Å²) in [7, 11) is -3.97. The van der Waals surface area contributed by atoms with Gasteiger partial charge in [-0.2, -0.15) is 0 Å². The molecule has 0 aliphatic rings. The summed E-state index contributed by atoms with van der Waals surface area (Å²) in [6.45, 7) is 7.93. The molecule has 1 N–H and O–H groups in total. The average Bonchev–Trinajstić information content (AvgIpc) is 2.83. The van der Waals surface area contributed by atoms with Crippen molar-refractivity contribution in [3.63, 3.8) is 0 Å². The summed E-state index contributed by atoms with van der Waals surface area (Å²) in [6, 6.07) is 21.1. The summed E-state index contributed by atoms with van der Waals surface area (Å²) in [5.74, 6) is 0.255. The van der Waals surface area contributed by atoms with Crippen molar-refractivity contribution < 1.29 is 17.9 Å². The van der Waals surface area contributed by atoms with Crippen LogP contribution in [0.2, 0.25) is 0 Å². The Balaban J connectivity index is 1.90. The number of ether oxygens (including phenoxy) is 1. The van der Waals surface area contributed by atoms with Crippen molar-refractivity contribution in [2.75, 3.05) is 17.5 Å². The lowest BCUT2D eigenvalue weighted by Gasteiger charge is -2.26. The molecule has 180 valence electrons. The molecule has 0 saturated carbocycles. The maximum Gasteiger partial charge on any atom is 0.264 e. The second kappa shape index (κ2) is 11.2. The number of hydrogen-bond donors (Lipinski definition) is 1. The molecule has 34 heavy (non-hydrogen) atoms. The molecule has 0 heterocycles. The van der Waals surface area contributed by atoms with Gasteiger partial charge in [-0.15, -0.1) is 0 Å². The molecule has 0 aliphatic carbocycles. The molecule has 1 atom stereocenters. The molecule has 0 unspecified atom stereocenters. The van der Waals surface area contributed by atoms with Gasteiger partial charge in [0.1, 0.15) is 12.3 Å². The van der Waals surface area contributed by atoms with E-state index >= 15 is 0 Å². The van der Waals surface area contributed by atoms with Crippen molar-refractivity contribution in [2.24, 2.45) is 0 Å².